The molecule has 2 unspecified atom stereocenters. The Morgan fingerprint density at radius 3 is 2.28 bits per heavy atom. The van der Waals surface area contributed by atoms with Crippen LogP contribution in [0.5, 0.6) is 0 Å². The highest BCUT2D eigenvalue weighted by Gasteiger charge is 2.40. The molecule has 0 bridgehead atoms. The maximum Gasteiger partial charge on any atom is 0.395 e. The summed E-state index contributed by atoms with van der Waals surface area (Å²) in [7, 11) is 0. The molecule has 0 fully saturated rings. The van der Waals surface area contributed by atoms with Gasteiger partial charge in [0.25, 0.3) is 0 Å². The third-order valence-electron chi connectivity index (χ3n) is 4.25. The van der Waals surface area contributed by atoms with Crippen molar-refractivity contribution in [2.45, 2.75) is 31.0 Å². The molecule has 3 N–H and O–H groups in total. The highest BCUT2D eigenvalue weighted by atomic mass is 32.2. The molecular weight excluding hydrogens is 399 g/mol. The molecule has 0 saturated carbocycles. The van der Waals surface area contributed by atoms with Crippen LogP contribution in [-0.4, -0.2) is 34.8 Å². The van der Waals surface area contributed by atoms with E-state index in [1.165, 1.54) is 23.9 Å². The molecule has 2 atom stereocenters. The van der Waals surface area contributed by atoms with E-state index in [0.29, 0.717) is 11.3 Å². The van der Waals surface area contributed by atoms with E-state index >= 15 is 0 Å². The molecule has 3 nitrogen and oxygen atoms in total. The number of carboxylic acid groups (broad SMARTS) is 1. The van der Waals surface area contributed by atoms with Crippen LogP contribution in [-0.2, 0) is 4.79 Å². The van der Waals surface area contributed by atoms with Gasteiger partial charge in [-0.1, -0.05) is 42.2 Å². The van der Waals surface area contributed by atoms with Gasteiger partial charge in [-0.2, -0.15) is 24.9 Å². The highest BCUT2D eigenvalue weighted by molar-refractivity contribution is 7.99. The smallest absolute Gasteiger partial charge is 0.395 e. The zero-order chi connectivity index (χ0) is 21.3. The average molecular weight is 421 g/mol. The number of halogens is 3. The number of benzene rings is 2. The summed E-state index contributed by atoms with van der Waals surface area (Å²) < 4.78 is 40.8. The Morgan fingerprint density at radius 2 is 1.62 bits per heavy atom. The lowest BCUT2D eigenvalue weighted by Crippen LogP contribution is -2.30. The molecule has 29 heavy (non-hydrogen) atoms. The van der Waals surface area contributed by atoms with Crippen LogP contribution in [0, 0.1) is 11.8 Å². The number of hydrogen-bond acceptors (Lipinski definition) is 3. The van der Waals surface area contributed by atoms with Gasteiger partial charge >= 0.3 is 12.1 Å². The number of rotatable bonds is 8. The Hall–Kier alpha value is -2.43. The lowest BCUT2D eigenvalue weighted by atomic mass is 9.94. The Morgan fingerprint density at radius 1 is 1.00 bits per heavy atom. The van der Waals surface area contributed by atoms with E-state index in [-0.39, 0.29) is 24.2 Å². The van der Waals surface area contributed by atoms with Crippen molar-refractivity contribution in [2.75, 3.05) is 11.5 Å². The minimum atomic E-state index is -4.37. The SMILES string of the molecule is NC(CCSCCC(c1cccc(C#Cc2ccccc2)c1)C(F)(F)F)C(=O)O. The summed E-state index contributed by atoms with van der Waals surface area (Å²) in [5.74, 6) is 3.83. The third kappa shape index (κ3) is 7.84. The zero-order valence-electron chi connectivity index (χ0n) is 15.7. The zero-order valence-corrected chi connectivity index (χ0v) is 16.5. The largest absolute Gasteiger partial charge is 0.480 e. The fourth-order valence-electron chi connectivity index (χ4n) is 2.66. The Bertz CT molecular complexity index is 860. The molecule has 0 aromatic heterocycles. The van der Waals surface area contributed by atoms with Crippen LogP contribution >= 0.6 is 11.8 Å². The lowest BCUT2D eigenvalue weighted by Gasteiger charge is -2.21. The van der Waals surface area contributed by atoms with Crippen molar-refractivity contribution in [1.29, 1.82) is 0 Å². The summed E-state index contributed by atoms with van der Waals surface area (Å²) in [6, 6.07) is 14.5. The molecule has 0 saturated heterocycles. The Balaban J connectivity index is 2.03. The molecule has 2 aromatic carbocycles. The topological polar surface area (TPSA) is 63.3 Å². The maximum atomic E-state index is 13.6. The van der Waals surface area contributed by atoms with Gasteiger partial charge in [0.2, 0.25) is 0 Å². The van der Waals surface area contributed by atoms with Gasteiger partial charge in [0.05, 0.1) is 5.92 Å². The summed E-state index contributed by atoms with van der Waals surface area (Å²) in [6.45, 7) is 0. The molecule has 0 radical (unpaired) electrons. The summed E-state index contributed by atoms with van der Waals surface area (Å²) in [4.78, 5) is 10.7. The van der Waals surface area contributed by atoms with Crippen LogP contribution in [0.15, 0.2) is 54.6 Å². The molecule has 2 aromatic rings. The van der Waals surface area contributed by atoms with Crippen LogP contribution in [0.25, 0.3) is 0 Å². The van der Waals surface area contributed by atoms with Gasteiger partial charge in [0.1, 0.15) is 6.04 Å². The normalized spacial score (nSPS) is 13.2. The second kappa shape index (κ2) is 10.9. The summed E-state index contributed by atoms with van der Waals surface area (Å²) >= 11 is 1.28. The number of thioether (sulfide) groups is 1. The molecule has 0 aliphatic carbocycles. The molecule has 0 aliphatic rings. The van der Waals surface area contributed by atoms with Crippen molar-refractivity contribution in [3.63, 3.8) is 0 Å². The molecule has 0 amide bonds. The Kier molecular flexibility index (Phi) is 8.62. The van der Waals surface area contributed by atoms with Crippen molar-refractivity contribution in [3.05, 3.63) is 71.3 Å². The van der Waals surface area contributed by atoms with Crippen LogP contribution in [0.3, 0.4) is 0 Å². The first kappa shape index (κ1) is 22.9. The van der Waals surface area contributed by atoms with Crippen molar-refractivity contribution in [1.82, 2.24) is 0 Å². The standard InChI is InChI=1S/C22H22F3NO2S/c23-22(24,25)19(11-13-29-14-12-20(26)21(27)28)18-8-4-7-17(15-18)10-9-16-5-2-1-3-6-16/h1-8,15,19-20H,11-14,26H2,(H,27,28). The first-order valence-electron chi connectivity index (χ1n) is 9.07. The lowest BCUT2D eigenvalue weighted by molar-refractivity contribution is -0.150. The molecule has 7 heteroatoms. The number of carboxylic acids is 1. The van der Waals surface area contributed by atoms with Crippen molar-refractivity contribution >= 4 is 17.7 Å². The highest BCUT2D eigenvalue weighted by Crippen LogP contribution is 2.38. The molecule has 154 valence electrons. The number of carbonyl (C=O) groups is 1. The number of hydrogen-bond donors (Lipinski definition) is 2. The first-order valence-corrected chi connectivity index (χ1v) is 10.2. The first-order chi connectivity index (χ1) is 13.8. The second-order valence-corrected chi connectivity index (χ2v) is 7.69. The van der Waals surface area contributed by atoms with Gasteiger partial charge in [-0.15, -0.1) is 0 Å². The van der Waals surface area contributed by atoms with Crippen molar-refractivity contribution < 1.29 is 23.1 Å². The third-order valence-corrected chi connectivity index (χ3v) is 5.30. The Labute approximate surface area is 172 Å². The van der Waals surface area contributed by atoms with E-state index in [1.54, 1.807) is 12.1 Å². The van der Waals surface area contributed by atoms with Gasteiger partial charge in [-0.3, -0.25) is 4.79 Å². The summed E-state index contributed by atoms with van der Waals surface area (Å²) in [6.07, 6.45) is -4.24. The van der Waals surface area contributed by atoms with E-state index in [0.717, 1.165) is 5.56 Å². The average Bonchev–Trinajstić information content (AvgIpc) is 2.68. The van der Waals surface area contributed by atoms with Gasteiger partial charge < -0.3 is 10.8 Å². The molecule has 0 spiro atoms. The van der Waals surface area contributed by atoms with E-state index in [2.05, 4.69) is 11.8 Å². The predicted molar refractivity (Wildman–Crippen MR) is 110 cm³/mol. The summed E-state index contributed by atoms with van der Waals surface area (Å²) in [5.41, 5.74) is 6.90. The quantitative estimate of drug-likeness (QED) is 0.481. The van der Waals surface area contributed by atoms with Crippen LogP contribution in [0.4, 0.5) is 13.2 Å². The monoisotopic (exact) mass is 421 g/mol. The molecule has 0 aliphatic heterocycles. The fourth-order valence-corrected chi connectivity index (χ4v) is 3.68. The number of nitrogens with two attached hydrogens (primary N) is 1. The van der Waals surface area contributed by atoms with E-state index in [4.69, 9.17) is 10.8 Å². The van der Waals surface area contributed by atoms with E-state index < -0.39 is 24.1 Å². The molecule has 2 rings (SSSR count). The minimum Gasteiger partial charge on any atom is -0.480 e. The molecule has 0 heterocycles. The summed E-state index contributed by atoms with van der Waals surface area (Å²) in [5, 5.41) is 8.73. The maximum absolute atomic E-state index is 13.6. The number of aliphatic carboxylic acids is 1. The minimum absolute atomic E-state index is 0.0912. The van der Waals surface area contributed by atoms with Crippen LogP contribution < -0.4 is 5.73 Å². The van der Waals surface area contributed by atoms with Crippen molar-refractivity contribution in [2.24, 2.45) is 5.73 Å². The van der Waals surface area contributed by atoms with E-state index in [9.17, 15) is 18.0 Å². The second-order valence-electron chi connectivity index (χ2n) is 6.47. The predicted octanol–water partition coefficient (Wildman–Crippen LogP) is 4.66. The van der Waals surface area contributed by atoms with E-state index in [1.807, 2.05) is 30.3 Å². The van der Waals surface area contributed by atoms with Gasteiger partial charge in [0, 0.05) is 11.1 Å². The van der Waals surface area contributed by atoms with Gasteiger partial charge in [-0.25, -0.2) is 0 Å². The van der Waals surface area contributed by atoms with Gasteiger partial charge in [0.15, 0.2) is 0 Å². The van der Waals surface area contributed by atoms with Crippen LogP contribution in [0.1, 0.15) is 35.4 Å². The van der Waals surface area contributed by atoms with Crippen LogP contribution in [0.2, 0.25) is 0 Å². The fraction of sp³-hybridized carbons (Fsp3) is 0.318. The number of alkyl halides is 3. The van der Waals surface area contributed by atoms with Gasteiger partial charge in [-0.05, 0) is 54.2 Å². The molecular formula is C22H22F3NO2S. The van der Waals surface area contributed by atoms with Crippen molar-refractivity contribution in [3.8, 4) is 11.8 Å².